The smallest absolute Gasteiger partial charge is 0.334 e. The molecule has 0 amide bonds. The molecule has 0 rings (SSSR count). The van der Waals surface area contributed by atoms with E-state index in [1.165, 1.54) is 0 Å². The van der Waals surface area contributed by atoms with Gasteiger partial charge < -0.3 is 17.0 Å². The number of hydrogen-bond donors (Lipinski definition) is 3. The van der Waals surface area contributed by atoms with Gasteiger partial charge in [0.1, 0.15) is 0 Å². The molecule has 0 unspecified atom stereocenters. The van der Waals surface area contributed by atoms with Gasteiger partial charge in [-0.1, -0.05) is 26.8 Å². The van der Waals surface area contributed by atoms with Gasteiger partial charge in [-0.15, -0.1) is 19.0 Å². The highest BCUT2D eigenvalue weighted by Crippen LogP contribution is 2.29. The fourth-order valence-corrected chi connectivity index (χ4v) is 1.11. The standard InChI is InChI=1S/C10H17NO2.ClH.H3N/c1-5-7(11)8(9(12)13)10(3,4)6-2;;/h6H,2,5,11H2,1,3-4H3,(H,12,13);1H;1H3/b8-7+;;. The monoisotopic (exact) mass is 236 g/mol. The third kappa shape index (κ3) is 4.85. The molecule has 0 spiro atoms. The van der Waals surface area contributed by atoms with Crippen LogP contribution in [0, 0.1) is 5.41 Å². The summed E-state index contributed by atoms with van der Waals surface area (Å²) in [6.07, 6.45) is 2.14. The van der Waals surface area contributed by atoms with Crippen LogP contribution in [0.25, 0.3) is 0 Å². The summed E-state index contributed by atoms with van der Waals surface area (Å²) in [5.41, 5.74) is 5.71. The van der Waals surface area contributed by atoms with E-state index in [4.69, 9.17) is 10.8 Å². The van der Waals surface area contributed by atoms with Crippen molar-refractivity contribution in [3.63, 3.8) is 0 Å². The lowest BCUT2D eigenvalue weighted by molar-refractivity contribution is -0.133. The topological polar surface area (TPSA) is 98.3 Å². The third-order valence-electron chi connectivity index (χ3n) is 2.07. The summed E-state index contributed by atoms with van der Waals surface area (Å²) < 4.78 is 0. The number of hydrogen-bond acceptors (Lipinski definition) is 3. The molecule has 0 saturated carbocycles. The maximum Gasteiger partial charge on any atom is 0.334 e. The molecule has 0 heterocycles. The summed E-state index contributed by atoms with van der Waals surface area (Å²) in [4.78, 5) is 10.9. The van der Waals surface area contributed by atoms with Gasteiger partial charge in [-0.3, -0.25) is 0 Å². The number of carbonyl (C=O) groups is 1. The van der Waals surface area contributed by atoms with E-state index >= 15 is 0 Å². The van der Waals surface area contributed by atoms with E-state index in [2.05, 4.69) is 6.58 Å². The minimum atomic E-state index is -0.968. The molecule has 0 fully saturated rings. The zero-order chi connectivity index (χ0) is 10.6. The predicted octanol–water partition coefficient (Wildman–Crippen LogP) is 2.49. The van der Waals surface area contributed by atoms with Crippen molar-refractivity contribution in [3.05, 3.63) is 23.9 Å². The third-order valence-corrected chi connectivity index (χ3v) is 2.07. The minimum Gasteiger partial charge on any atom is -0.478 e. The van der Waals surface area contributed by atoms with Gasteiger partial charge in [0.25, 0.3) is 0 Å². The van der Waals surface area contributed by atoms with Crippen molar-refractivity contribution in [1.29, 1.82) is 0 Å². The van der Waals surface area contributed by atoms with Crippen LogP contribution in [-0.2, 0) is 4.79 Å². The molecule has 0 aromatic heterocycles. The second kappa shape index (κ2) is 7.31. The Hall–Kier alpha value is -1.000. The van der Waals surface area contributed by atoms with Crippen LogP contribution in [0.15, 0.2) is 23.9 Å². The second-order valence-electron chi connectivity index (χ2n) is 3.48. The summed E-state index contributed by atoms with van der Waals surface area (Å²) in [6.45, 7) is 9.00. The fraction of sp³-hybridized carbons (Fsp3) is 0.500. The number of carboxylic acid groups (broad SMARTS) is 1. The van der Waals surface area contributed by atoms with Crippen LogP contribution in [0.1, 0.15) is 27.2 Å². The molecule has 5 heteroatoms. The molecule has 0 radical (unpaired) electrons. The zero-order valence-electron chi connectivity index (χ0n) is 9.54. The highest BCUT2D eigenvalue weighted by atomic mass is 35.5. The molecule has 0 saturated heterocycles. The zero-order valence-corrected chi connectivity index (χ0v) is 10.4. The summed E-state index contributed by atoms with van der Waals surface area (Å²) >= 11 is 0. The molecule has 0 aromatic carbocycles. The van der Waals surface area contributed by atoms with Crippen molar-refractivity contribution >= 4 is 18.4 Å². The lowest BCUT2D eigenvalue weighted by atomic mass is 9.82. The number of nitrogens with two attached hydrogens (primary N) is 1. The van der Waals surface area contributed by atoms with Crippen LogP contribution in [0.2, 0.25) is 0 Å². The molecule has 0 aliphatic carbocycles. The predicted molar refractivity (Wildman–Crippen MR) is 65.4 cm³/mol. The van der Waals surface area contributed by atoms with Crippen LogP contribution in [0.4, 0.5) is 0 Å². The summed E-state index contributed by atoms with van der Waals surface area (Å²) in [7, 11) is 0. The first-order valence-corrected chi connectivity index (χ1v) is 4.22. The van der Waals surface area contributed by atoms with Gasteiger partial charge in [-0.25, -0.2) is 4.79 Å². The first-order chi connectivity index (χ1) is 5.86. The second-order valence-corrected chi connectivity index (χ2v) is 3.48. The van der Waals surface area contributed by atoms with Crippen molar-refractivity contribution in [2.24, 2.45) is 11.1 Å². The average Bonchev–Trinajstić information content (AvgIpc) is 2.03. The Morgan fingerprint density at radius 1 is 1.53 bits per heavy atom. The lowest BCUT2D eigenvalue weighted by Crippen LogP contribution is -2.23. The van der Waals surface area contributed by atoms with Gasteiger partial charge in [0.05, 0.1) is 5.57 Å². The van der Waals surface area contributed by atoms with E-state index in [0.29, 0.717) is 12.1 Å². The first kappa shape index (κ1) is 19.6. The Kier molecular flexibility index (Phi) is 9.53. The molecular formula is C10H21ClN2O2. The number of halogens is 1. The Morgan fingerprint density at radius 2 is 1.93 bits per heavy atom. The number of rotatable bonds is 4. The lowest BCUT2D eigenvalue weighted by Gasteiger charge is -2.22. The highest BCUT2D eigenvalue weighted by molar-refractivity contribution is 5.89. The van der Waals surface area contributed by atoms with E-state index in [1.807, 2.05) is 6.92 Å². The Balaban J connectivity index is -0.000000720. The van der Waals surface area contributed by atoms with Crippen molar-refractivity contribution in [2.45, 2.75) is 27.2 Å². The van der Waals surface area contributed by atoms with Crippen LogP contribution in [0.5, 0.6) is 0 Å². The normalized spacial score (nSPS) is 11.7. The number of carboxylic acids is 1. The molecule has 0 aliphatic heterocycles. The molecule has 0 aliphatic rings. The summed E-state index contributed by atoms with van der Waals surface area (Å²) in [5.74, 6) is -0.968. The van der Waals surface area contributed by atoms with Crippen molar-refractivity contribution in [1.82, 2.24) is 6.15 Å². The Bertz CT molecular complexity index is 260. The Labute approximate surface area is 97.2 Å². The molecule has 15 heavy (non-hydrogen) atoms. The molecule has 0 aromatic rings. The summed E-state index contributed by atoms with van der Waals surface area (Å²) in [6, 6.07) is 0. The van der Waals surface area contributed by atoms with Gasteiger partial charge in [0.15, 0.2) is 0 Å². The van der Waals surface area contributed by atoms with Gasteiger partial charge in [-0.05, 0) is 6.42 Å². The van der Waals surface area contributed by atoms with Crippen molar-refractivity contribution in [2.75, 3.05) is 0 Å². The van der Waals surface area contributed by atoms with E-state index in [0.717, 1.165) is 0 Å². The molecule has 0 atom stereocenters. The maximum absolute atomic E-state index is 10.9. The van der Waals surface area contributed by atoms with Crippen LogP contribution in [-0.4, -0.2) is 11.1 Å². The molecule has 4 nitrogen and oxygen atoms in total. The number of allylic oxidation sites excluding steroid dienone is 2. The van der Waals surface area contributed by atoms with E-state index < -0.39 is 11.4 Å². The number of aliphatic carboxylic acids is 1. The van der Waals surface area contributed by atoms with E-state index in [-0.39, 0.29) is 24.1 Å². The molecule has 90 valence electrons. The van der Waals surface area contributed by atoms with Gasteiger partial charge in [0.2, 0.25) is 0 Å². The maximum atomic E-state index is 10.9. The van der Waals surface area contributed by atoms with Crippen molar-refractivity contribution in [3.8, 4) is 0 Å². The highest BCUT2D eigenvalue weighted by Gasteiger charge is 2.27. The largest absolute Gasteiger partial charge is 0.478 e. The van der Waals surface area contributed by atoms with Gasteiger partial charge in [0, 0.05) is 11.1 Å². The quantitative estimate of drug-likeness (QED) is 0.516. The summed E-state index contributed by atoms with van der Waals surface area (Å²) in [5, 5.41) is 8.96. The fourth-order valence-electron chi connectivity index (χ4n) is 1.11. The van der Waals surface area contributed by atoms with Gasteiger partial charge >= 0.3 is 5.97 Å². The first-order valence-electron chi connectivity index (χ1n) is 4.22. The molecule has 6 N–H and O–H groups in total. The van der Waals surface area contributed by atoms with E-state index in [9.17, 15) is 4.79 Å². The van der Waals surface area contributed by atoms with E-state index in [1.54, 1.807) is 19.9 Å². The van der Waals surface area contributed by atoms with Crippen LogP contribution < -0.4 is 11.9 Å². The van der Waals surface area contributed by atoms with Gasteiger partial charge in [-0.2, -0.15) is 0 Å². The van der Waals surface area contributed by atoms with Crippen molar-refractivity contribution < 1.29 is 9.90 Å². The Morgan fingerprint density at radius 3 is 2.13 bits per heavy atom. The molecular weight excluding hydrogens is 216 g/mol. The average molecular weight is 237 g/mol. The van der Waals surface area contributed by atoms with Crippen LogP contribution >= 0.6 is 12.4 Å². The molecule has 0 bridgehead atoms. The van der Waals surface area contributed by atoms with Crippen LogP contribution in [0.3, 0.4) is 0 Å². The SMILES string of the molecule is C=CC(C)(C)/C(C(=O)O)=C(/N)CC.Cl.N. The minimum absolute atomic E-state index is 0.